The van der Waals surface area contributed by atoms with E-state index in [9.17, 15) is 18.0 Å². The van der Waals surface area contributed by atoms with Crippen LogP contribution in [-0.4, -0.2) is 49.4 Å². The van der Waals surface area contributed by atoms with Gasteiger partial charge in [0.15, 0.2) is 11.0 Å². The summed E-state index contributed by atoms with van der Waals surface area (Å²) in [6.45, 7) is 5.69. The SMILES string of the molecule is CC1CC(C)CN(C(=O)CSc2nnc(-c3cccnc3)n2-c2cccc(C(F)(F)F)c2)C1. The van der Waals surface area contributed by atoms with Gasteiger partial charge in [-0.3, -0.25) is 14.3 Å². The number of rotatable bonds is 5. The third kappa shape index (κ3) is 5.38. The van der Waals surface area contributed by atoms with Crippen molar-refractivity contribution in [3.63, 3.8) is 0 Å². The Bertz CT molecular complexity index is 1110. The summed E-state index contributed by atoms with van der Waals surface area (Å²) in [4.78, 5) is 18.8. The lowest BCUT2D eigenvalue weighted by molar-refractivity contribution is -0.137. The molecule has 1 saturated heterocycles. The van der Waals surface area contributed by atoms with Gasteiger partial charge in [0.05, 0.1) is 17.0 Å². The number of piperidine rings is 1. The molecule has 0 spiro atoms. The molecule has 2 aromatic heterocycles. The molecule has 0 saturated carbocycles. The number of hydrogen-bond acceptors (Lipinski definition) is 5. The fraction of sp³-hybridized carbons (Fsp3) is 0.391. The van der Waals surface area contributed by atoms with E-state index in [1.165, 1.54) is 17.8 Å². The second-order valence-electron chi connectivity index (χ2n) is 8.46. The van der Waals surface area contributed by atoms with E-state index in [1.54, 1.807) is 35.2 Å². The van der Waals surface area contributed by atoms with Crippen LogP contribution in [0.25, 0.3) is 17.1 Å². The summed E-state index contributed by atoms with van der Waals surface area (Å²) in [6, 6.07) is 8.47. The van der Waals surface area contributed by atoms with Crippen LogP contribution in [0, 0.1) is 11.8 Å². The molecule has 0 aliphatic carbocycles. The van der Waals surface area contributed by atoms with Gasteiger partial charge in [-0.25, -0.2) is 0 Å². The van der Waals surface area contributed by atoms with Gasteiger partial charge in [-0.1, -0.05) is 31.7 Å². The van der Waals surface area contributed by atoms with Crippen molar-refractivity contribution in [1.82, 2.24) is 24.6 Å². The molecule has 1 fully saturated rings. The number of thioether (sulfide) groups is 1. The zero-order chi connectivity index (χ0) is 23.6. The molecule has 33 heavy (non-hydrogen) atoms. The second-order valence-corrected chi connectivity index (χ2v) is 9.41. The Morgan fingerprint density at radius 2 is 1.88 bits per heavy atom. The molecule has 2 unspecified atom stereocenters. The maximum absolute atomic E-state index is 13.4. The fourth-order valence-corrected chi connectivity index (χ4v) is 5.04. The predicted octanol–water partition coefficient (Wildman–Crippen LogP) is 4.94. The molecule has 10 heteroatoms. The summed E-state index contributed by atoms with van der Waals surface area (Å²) < 4.78 is 41.6. The third-order valence-electron chi connectivity index (χ3n) is 5.53. The lowest BCUT2D eigenvalue weighted by atomic mass is 9.92. The van der Waals surface area contributed by atoms with Gasteiger partial charge >= 0.3 is 6.18 Å². The molecular formula is C23H24F3N5OS. The molecule has 174 valence electrons. The highest BCUT2D eigenvalue weighted by Gasteiger charge is 2.31. The molecular weight excluding hydrogens is 451 g/mol. The largest absolute Gasteiger partial charge is 0.416 e. The van der Waals surface area contributed by atoms with Crippen LogP contribution >= 0.6 is 11.8 Å². The van der Waals surface area contributed by atoms with Gasteiger partial charge in [-0.05, 0) is 48.6 Å². The third-order valence-corrected chi connectivity index (χ3v) is 6.44. The number of amides is 1. The van der Waals surface area contributed by atoms with Crippen molar-refractivity contribution < 1.29 is 18.0 Å². The number of alkyl halides is 3. The molecule has 4 rings (SSSR count). The Kier molecular flexibility index (Phi) is 6.73. The van der Waals surface area contributed by atoms with Crippen molar-refractivity contribution in [3.8, 4) is 17.1 Å². The maximum atomic E-state index is 13.4. The molecule has 1 aliphatic rings. The number of benzene rings is 1. The van der Waals surface area contributed by atoms with Crippen molar-refractivity contribution in [2.75, 3.05) is 18.8 Å². The Morgan fingerprint density at radius 1 is 1.12 bits per heavy atom. The first-order chi connectivity index (χ1) is 15.7. The van der Waals surface area contributed by atoms with E-state index in [0.29, 0.717) is 41.5 Å². The molecule has 0 N–H and O–H groups in total. The van der Waals surface area contributed by atoms with Crippen molar-refractivity contribution >= 4 is 17.7 Å². The second kappa shape index (κ2) is 9.54. The van der Waals surface area contributed by atoms with E-state index in [-0.39, 0.29) is 17.3 Å². The van der Waals surface area contributed by atoms with E-state index < -0.39 is 11.7 Å². The number of likely N-dealkylation sites (tertiary alicyclic amines) is 1. The molecule has 3 heterocycles. The number of carbonyl (C=O) groups is 1. The topological polar surface area (TPSA) is 63.9 Å². The van der Waals surface area contributed by atoms with E-state index >= 15 is 0 Å². The van der Waals surface area contributed by atoms with E-state index in [4.69, 9.17) is 0 Å². The van der Waals surface area contributed by atoms with Crippen LogP contribution in [-0.2, 0) is 11.0 Å². The predicted molar refractivity (Wildman–Crippen MR) is 120 cm³/mol. The zero-order valence-corrected chi connectivity index (χ0v) is 19.1. The Morgan fingerprint density at radius 3 is 2.55 bits per heavy atom. The molecule has 0 radical (unpaired) electrons. The maximum Gasteiger partial charge on any atom is 0.416 e. The van der Waals surface area contributed by atoms with Crippen molar-refractivity contribution in [2.24, 2.45) is 11.8 Å². The first-order valence-corrected chi connectivity index (χ1v) is 11.6. The summed E-state index contributed by atoms with van der Waals surface area (Å²) in [5.74, 6) is 1.35. The first kappa shape index (κ1) is 23.3. The van der Waals surface area contributed by atoms with Crippen LogP contribution in [0.5, 0.6) is 0 Å². The fourth-order valence-electron chi connectivity index (χ4n) is 4.18. The Balaban J connectivity index is 1.65. The normalized spacial score (nSPS) is 19.0. The van der Waals surface area contributed by atoms with Crippen LogP contribution in [0.2, 0.25) is 0 Å². The van der Waals surface area contributed by atoms with Crippen molar-refractivity contribution in [2.45, 2.75) is 31.6 Å². The molecule has 1 aromatic carbocycles. The van der Waals surface area contributed by atoms with E-state index in [2.05, 4.69) is 29.0 Å². The number of hydrogen-bond donors (Lipinski definition) is 0. The van der Waals surface area contributed by atoms with Gasteiger partial charge in [0.2, 0.25) is 5.91 Å². The van der Waals surface area contributed by atoms with E-state index in [1.807, 2.05) is 4.90 Å². The highest BCUT2D eigenvalue weighted by molar-refractivity contribution is 7.99. The van der Waals surface area contributed by atoms with Gasteiger partial charge < -0.3 is 4.90 Å². The number of carbonyl (C=O) groups excluding carboxylic acids is 1. The van der Waals surface area contributed by atoms with Crippen LogP contribution < -0.4 is 0 Å². The number of halogens is 3. The van der Waals surface area contributed by atoms with Crippen molar-refractivity contribution in [3.05, 3.63) is 54.4 Å². The van der Waals surface area contributed by atoms with Gasteiger partial charge in [0.1, 0.15) is 0 Å². The van der Waals surface area contributed by atoms with Gasteiger partial charge in [0.25, 0.3) is 0 Å². The molecule has 3 aromatic rings. The van der Waals surface area contributed by atoms with Gasteiger partial charge in [0, 0.05) is 31.0 Å². The van der Waals surface area contributed by atoms with Gasteiger partial charge in [-0.2, -0.15) is 13.2 Å². The summed E-state index contributed by atoms with van der Waals surface area (Å²) in [6.07, 6.45) is -0.216. The molecule has 0 bridgehead atoms. The smallest absolute Gasteiger partial charge is 0.341 e. The van der Waals surface area contributed by atoms with E-state index in [0.717, 1.165) is 18.6 Å². The minimum Gasteiger partial charge on any atom is -0.341 e. The minimum absolute atomic E-state index is 0.0140. The highest BCUT2D eigenvalue weighted by atomic mass is 32.2. The average molecular weight is 476 g/mol. The number of nitrogens with zero attached hydrogens (tertiary/aromatic N) is 5. The quantitative estimate of drug-likeness (QED) is 0.489. The lowest BCUT2D eigenvalue weighted by Crippen LogP contribution is -2.43. The van der Waals surface area contributed by atoms with Gasteiger partial charge in [-0.15, -0.1) is 10.2 Å². The van der Waals surface area contributed by atoms with Crippen molar-refractivity contribution in [1.29, 1.82) is 0 Å². The van der Waals surface area contributed by atoms with Crippen LogP contribution in [0.4, 0.5) is 13.2 Å². The highest BCUT2D eigenvalue weighted by Crippen LogP contribution is 2.33. The molecule has 2 atom stereocenters. The standard InChI is InChI=1S/C23H24F3N5OS/c1-15-9-16(2)13-30(12-15)20(32)14-33-22-29-28-21(17-5-4-8-27-11-17)31(22)19-7-3-6-18(10-19)23(24,25)26/h3-8,10-11,15-16H,9,12-14H2,1-2H3. The molecule has 1 amide bonds. The molecule has 6 nitrogen and oxygen atoms in total. The zero-order valence-electron chi connectivity index (χ0n) is 18.3. The summed E-state index contributed by atoms with van der Waals surface area (Å²) in [5, 5.41) is 8.77. The molecule has 1 aliphatic heterocycles. The number of pyridine rings is 1. The number of aromatic nitrogens is 4. The van der Waals surface area contributed by atoms with Crippen LogP contribution in [0.3, 0.4) is 0 Å². The Hall–Kier alpha value is -2.88. The monoisotopic (exact) mass is 475 g/mol. The van der Waals surface area contributed by atoms with Crippen LogP contribution in [0.1, 0.15) is 25.8 Å². The Labute approximate surface area is 194 Å². The summed E-state index contributed by atoms with van der Waals surface area (Å²) in [7, 11) is 0. The lowest BCUT2D eigenvalue weighted by Gasteiger charge is -2.34. The minimum atomic E-state index is -4.48. The summed E-state index contributed by atoms with van der Waals surface area (Å²) >= 11 is 1.17. The average Bonchev–Trinajstić information content (AvgIpc) is 3.21. The first-order valence-electron chi connectivity index (χ1n) is 10.7. The summed E-state index contributed by atoms with van der Waals surface area (Å²) in [5.41, 5.74) is 0.109. The van der Waals surface area contributed by atoms with Crippen LogP contribution in [0.15, 0.2) is 53.9 Å².